The van der Waals surface area contributed by atoms with Gasteiger partial charge in [-0.25, -0.2) is 0 Å². The van der Waals surface area contributed by atoms with Gasteiger partial charge in [-0.05, 0) is 30.0 Å². The normalized spacial score (nSPS) is 28.0. The molecular formula is C13H17NO3. The van der Waals surface area contributed by atoms with Gasteiger partial charge in [0.25, 0.3) is 0 Å². The first-order valence-electron chi connectivity index (χ1n) is 5.91. The number of nitrogens with zero attached hydrogens (tertiary/aromatic N) is 1. The first-order chi connectivity index (χ1) is 8.13. The van der Waals surface area contributed by atoms with Crippen LogP contribution in [-0.2, 0) is 0 Å². The summed E-state index contributed by atoms with van der Waals surface area (Å²) in [6.45, 7) is 2.09. The van der Waals surface area contributed by atoms with Crippen molar-refractivity contribution >= 4 is 0 Å². The van der Waals surface area contributed by atoms with Crippen molar-refractivity contribution in [3.8, 4) is 5.75 Å². The standard InChI is InChI=1S/C13H17NO3/c1-9-6-7-12(14(15)16)13(9)10-4-3-5-11(8-10)17-2/h3-5,8-9,12-13H,6-7H2,1-2H3/t9-,12+,13-/m0/s1. The summed E-state index contributed by atoms with van der Waals surface area (Å²) in [6, 6.07) is 7.20. The summed E-state index contributed by atoms with van der Waals surface area (Å²) in [6.07, 6.45) is 1.60. The zero-order chi connectivity index (χ0) is 12.4. The van der Waals surface area contributed by atoms with Crippen LogP contribution in [0.15, 0.2) is 24.3 Å². The Morgan fingerprint density at radius 2 is 2.18 bits per heavy atom. The van der Waals surface area contributed by atoms with E-state index in [-0.39, 0.29) is 10.8 Å². The van der Waals surface area contributed by atoms with Gasteiger partial charge >= 0.3 is 0 Å². The lowest BCUT2D eigenvalue weighted by Gasteiger charge is -2.18. The number of methoxy groups -OCH3 is 1. The Labute approximate surface area is 101 Å². The molecule has 3 atom stereocenters. The lowest BCUT2D eigenvalue weighted by atomic mass is 9.88. The van der Waals surface area contributed by atoms with Crippen molar-refractivity contribution in [3.05, 3.63) is 39.9 Å². The Morgan fingerprint density at radius 1 is 1.41 bits per heavy atom. The van der Waals surface area contributed by atoms with Crippen molar-refractivity contribution in [3.63, 3.8) is 0 Å². The maximum Gasteiger partial charge on any atom is 0.220 e. The van der Waals surface area contributed by atoms with Crippen LogP contribution in [0.4, 0.5) is 0 Å². The van der Waals surface area contributed by atoms with E-state index in [1.54, 1.807) is 7.11 Å². The smallest absolute Gasteiger partial charge is 0.220 e. The molecule has 0 heterocycles. The second-order valence-electron chi connectivity index (χ2n) is 4.71. The number of benzene rings is 1. The molecule has 4 nitrogen and oxygen atoms in total. The maximum absolute atomic E-state index is 11.1. The zero-order valence-electron chi connectivity index (χ0n) is 10.1. The highest BCUT2D eigenvalue weighted by Gasteiger charge is 2.42. The van der Waals surface area contributed by atoms with Crippen LogP contribution in [0.2, 0.25) is 0 Å². The van der Waals surface area contributed by atoms with Gasteiger partial charge in [0.1, 0.15) is 5.75 Å². The van der Waals surface area contributed by atoms with Gasteiger partial charge in [-0.2, -0.15) is 0 Å². The Morgan fingerprint density at radius 3 is 2.82 bits per heavy atom. The first-order valence-corrected chi connectivity index (χ1v) is 5.91. The molecule has 0 amide bonds. The largest absolute Gasteiger partial charge is 0.497 e. The van der Waals surface area contributed by atoms with Crippen molar-refractivity contribution in [2.45, 2.75) is 31.7 Å². The minimum atomic E-state index is -0.447. The summed E-state index contributed by atoms with van der Waals surface area (Å²) in [4.78, 5) is 10.9. The number of ether oxygens (including phenoxy) is 1. The van der Waals surface area contributed by atoms with Gasteiger partial charge < -0.3 is 4.74 Å². The molecule has 0 bridgehead atoms. The number of nitro groups is 1. The molecule has 1 aromatic carbocycles. The third kappa shape index (κ3) is 2.25. The molecule has 0 aliphatic heterocycles. The molecule has 0 spiro atoms. The van der Waals surface area contributed by atoms with E-state index in [1.807, 2.05) is 24.3 Å². The lowest BCUT2D eigenvalue weighted by molar-refractivity contribution is -0.524. The fourth-order valence-corrected chi connectivity index (χ4v) is 2.81. The number of hydrogen-bond acceptors (Lipinski definition) is 3. The molecule has 1 fully saturated rings. The minimum absolute atomic E-state index is 0.0140. The van der Waals surface area contributed by atoms with Gasteiger partial charge in [-0.15, -0.1) is 0 Å². The van der Waals surface area contributed by atoms with E-state index >= 15 is 0 Å². The molecule has 4 heteroatoms. The molecule has 17 heavy (non-hydrogen) atoms. The van der Waals surface area contributed by atoms with Crippen LogP contribution in [0.25, 0.3) is 0 Å². The summed E-state index contributed by atoms with van der Waals surface area (Å²) >= 11 is 0. The van der Waals surface area contributed by atoms with Crippen LogP contribution in [0.5, 0.6) is 5.75 Å². The molecule has 1 aliphatic rings. The molecule has 0 unspecified atom stereocenters. The van der Waals surface area contributed by atoms with E-state index in [1.165, 1.54) is 0 Å². The molecular weight excluding hydrogens is 218 g/mol. The van der Waals surface area contributed by atoms with Gasteiger partial charge in [-0.3, -0.25) is 10.1 Å². The number of hydrogen-bond donors (Lipinski definition) is 0. The molecule has 2 rings (SSSR count). The average molecular weight is 235 g/mol. The predicted molar refractivity (Wildman–Crippen MR) is 64.9 cm³/mol. The Hall–Kier alpha value is -1.58. The van der Waals surface area contributed by atoms with Crippen LogP contribution < -0.4 is 4.74 Å². The maximum atomic E-state index is 11.1. The van der Waals surface area contributed by atoms with Crippen molar-refractivity contribution in [2.75, 3.05) is 7.11 Å². The molecule has 0 radical (unpaired) electrons. The topological polar surface area (TPSA) is 52.4 Å². The molecule has 92 valence electrons. The van der Waals surface area contributed by atoms with Crippen LogP contribution in [0.1, 0.15) is 31.2 Å². The van der Waals surface area contributed by atoms with Gasteiger partial charge in [0, 0.05) is 11.3 Å². The van der Waals surface area contributed by atoms with Crippen LogP contribution in [0, 0.1) is 16.0 Å². The highest BCUT2D eigenvalue weighted by atomic mass is 16.6. The van der Waals surface area contributed by atoms with Crippen molar-refractivity contribution in [1.82, 2.24) is 0 Å². The van der Waals surface area contributed by atoms with E-state index in [2.05, 4.69) is 6.92 Å². The highest BCUT2D eigenvalue weighted by molar-refractivity contribution is 5.32. The zero-order valence-corrected chi connectivity index (χ0v) is 10.1. The van der Waals surface area contributed by atoms with E-state index in [0.717, 1.165) is 17.7 Å². The molecule has 1 aliphatic carbocycles. The molecule has 0 aromatic heterocycles. The van der Waals surface area contributed by atoms with E-state index < -0.39 is 6.04 Å². The monoisotopic (exact) mass is 235 g/mol. The second-order valence-corrected chi connectivity index (χ2v) is 4.71. The SMILES string of the molecule is COc1cccc([C@H]2[C@H]([N+](=O)[O-])CC[C@@H]2C)c1. The molecule has 0 N–H and O–H groups in total. The highest BCUT2D eigenvalue weighted by Crippen LogP contribution is 2.41. The molecule has 0 saturated heterocycles. The minimum Gasteiger partial charge on any atom is -0.497 e. The Bertz CT molecular complexity index is 419. The fourth-order valence-electron chi connectivity index (χ4n) is 2.81. The van der Waals surface area contributed by atoms with Gasteiger partial charge in [-0.1, -0.05) is 19.1 Å². The first kappa shape index (κ1) is 11.9. The number of rotatable bonds is 3. The summed E-state index contributed by atoms with van der Waals surface area (Å²) in [5, 5.41) is 11.1. The van der Waals surface area contributed by atoms with Gasteiger partial charge in [0.2, 0.25) is 6.04 Å². The van der Waals surface area contributed by atoms with Crippen molar-refractivity contribution < 1.29 is 9.66 Å². The van der Waals surface area contributed by atoms with Crippen LogP contribution >= 0.6 is 0 Å². The van der Waals surface area contributed by atoms with Crippen LogP contribution in [0.3, 0.4) is 0 Å². The van der Waals surface area contributed by atoms with Gasteiger partial charge in [0.15, 0.2) is 0 Å². The molecule has 1 aromatic rings. The lowest BCUT2D eigenvalue weighted by Crippen LogP contribution is -2.24. The van der Waals surface area contributed by atoms with Gasteiger partial charge in [0.05, 0.1) is 13.0 Å². The summed E-state index contributed by atoms with van der Waals surface area (Å²) in [5.41, 5.74) is 1.02. The quantitative estimate of drug-likeness (QED) is 0.598. The summed E-state index contributed by atoms with van der Waals surface area (Å²) < 4.78 is 5.18. The van der Waals surface area contributed by atoms with Crippen molar-refractivity contribution in [1.29, 1.82) is 0 Å². The Kier molecular flexibility index (Phi) is 3.31. The van der Waals surface area contributed by atoms with E-state index in [4.69, 9.17) is 4.74 Å². The second kappa shape index (κ2) is 4.73. The summed E-state index contributed by atoms with van der Waals surface area (Å²) in [5.74, 6) is 1.14. The van der Waals surface area contributed by atoms with E-state index in [9.17, 15) is 10.1 Å². The predicted octanol–water partition coefficient (Wildman–Crippen LogP) is 2.85. The summed E-state index contributed by atoms with van der Waals surface area (Å²) in [7, 11) is 1.61. The Balaban J connectivity index is 2.32. The fraction of sp³-hybridized carbons (Fsp3) is 0.538. The van der Waals surface area contributed by atoms with Crippen LogP contribution in [-0.4, -0.2) is 18.1 Å². The third-order valence-corrected chi connectivity index (χ3v) is 3.69. The third-order valence-electron chi connectivity index (χ3n) is 3.69. The molecule has 1 saturated carbocycles. The van der Waals surface area contributed by atoms with Crippen molar-refractivity contribution in [2.24, 2.45) is 5.92 Å². The average Bonchev–Trinajstić information content (AvgIpc) is 2.71. The van der Waals surface area contributed by atoms with E-state index in [0.29, 0.717) is 12.3 Å².